The Labute approximate surface area is 111 Å². The van der Waals surface area contributed by atoms with Gasteiger partial charge in [0.2, 0.25) is 10.0 Å². The summed E-state index contributed by atoms with van der Waals surface area (Å²) in [5.41, 5.74) is -0.334. The third-order valence-electron chi connectivity index (χ3n) is 2.61. The highest BCUT2D eigenvalue weighted by Gasteiger charge is 2.32. The molecule has 0 radical (unpaired) electrons. The van der Waals surface area contributed by atoms with Crippen molar-refractivity contribution in [2.75, 3.05) is 19.7 Å². The minimum Gasteiger partial charge on any atom is -0.476 e. The maximum atomic E-state index is 12.4. The highest BCUT2D eigenvalue weighted by Crippen LogP contribution is 2.22. The lowest BCUT2D eigenvalue weighted by atomic mass is 10.4. The Morgan fingerprint density at radius 2 is 2.11 bits per heavy atom. The summed E-state index contributed by atoms with van der Waals surface area (Å²) < 4.78 is 25.9. The van der Waals surface area contributed by atoms with Crippen LogP contribution in [0.3, 0.4) is 0 Å². The topological polar surface area (TPSA) is 124 Å². The number of aromatic carboxylic acids is 1. The third kappa shape index (κ3) is 3.11. The van der Waals surface area contributed by atoms with Crippen LogP contribution in [0.2, 0.25) is 0 Å². The number of hydrogen-bond donors (Lipinski definition) is 3. The second-order valence-electron chi connectivity index (χ2n) is 3.91. The van der Waals surface area contributed by atoms with Crippen molar-refractivity contribution in [3.63, 3.8) is 0 Å². The van der Waals surface area contributed by atoms with E-state index in [-0.39, 0.29) is 36.7 Å². The van der Waals surface area contributed by atoms with Gasteiger partial charge in [0.25, 0.3) is 0 Å². The van der Waals surface area contributed by atoms with Gasteiger partial charge in [-0.3, -0.25) is 5.10 Å². The molecule has 0 aliphatic carbocycles. The largest absolute Gasteiger partial charge is 0.476 e. The second-order valence-corrected chi connectivity index (χ2v) is 5.78. The second kappa shape index (κ2) is 6.13. The lowest BCUT2D eigenvalue weighted by molar-refractivity contribution is 0.0686. The fourth-order valence-corrected chi connectivity index (χ4v) is 3.48. The molecule has 0 amide bonds. The summed E-state index contributed by atoms with van der Waals surface area (Å²) in [5.74, 6) is -1.40. The van der Waals surface area contributed by atoms with Gasteiger partial charge >= 0.3 is 5.97 Å². The van der Waals surface area contributed by atoms with Gasteiger partial charge in [0.1, 0.15) is 4.90 Å². The van der Waals surface area contributed by atoms with E-state index in [2.05, 4.69) is 10.2 Å². The van der Waals surface area contributed by atoms with Gasteiger partial charge in [-0.2, -0.15) is 9.40 Å². The average Bonchev–Trinajstić information content (AvgIpc) is 2.72. The van der Waals surface area contributed by atoms with Crippen LogP contribution in [-0.4, -0.2) is 58.8 Å². The first-order valence-electron chi connectivity index (χ1n) is 5.75. The highest BCUT2D eigenvalue weighted by molar-refractivity contribution is 7.89. The first-order valence-corrected chi connectivity index (χ1v) is 7.19. The van der Waals surface area contributed by atoms with E-state index in [4.69, 9.17) is 10.2 Å². The van der Waals surface area contributed by atoms with Crippen molar-refractivity contribution in [2.45, 2.75) is 25.2 Å². The van der Waals surface area contributed by atoms with E-state index in [1.54, 1.807) is 6.92 Å². The molecular formula is C10H17N3O5S. The summed E-state index contributed by atoms with van der Waals surface area (Å²) in [7, 11) is -3.94. The normalized spacial score (nSPS) is 12.0. The van der Waals surface area contributed by atoms with E-state index in [1.807, 2.05) is 0 Å². The molecule has 1 aromatic rings. The molecule has 8 nitrogen and oxygen atoms in total. The predicted molar refractivity (Wildman–Crippen MR) is 66.4 cm³/mol. The molecule has 1 aromatic heterocycles. The number of sulfonamides is 1. The van der Waals surface area contributed by atoms with Crippen molar-refractivity contribution in [3.05, 3.63) is 11.4 Å². The van der Waals surface area contributed by atoms with E-state index < -0.39 is 21.7 Å². The molecule has 0 saturated heterocycles. The van der Waals surface area contributed by atoms with Crippen LogP contribution in [0.5, 0.6) is 0 Å². The zero-order chi connectivity index (χ0) is 14.6. The standard InChI is InChI=1S/C10H17N3O5S/c1-3-13(5-4-6-14)19(17,18)9-7(2)11-12-8(9)10(15)16/h14H,3-6H2,1-2H3,(H,11,12)(H,15,16). The molecule has 0 fully saturated rings. The van der Waals surface area contributed by atoms with Crippen LogP contribution in [0.1, 0.15) is 29.5 Å². The van der Waals surface area contributed by atoms with Crippen molar-refractivity contribution in [1.82, 2.24) is 14.5 Å². The lowest BCUT2D eigenvalue weighted by Gasteiger charge is -2.19. The highest BCUT2D eigenvalue weighted by atomic mass is 32.2. The molecular weight excluding hydrogens is 274 g/mol. The molecule has 0 bridgehead atoms. The average molecular weight is 291 g/mol. The van der Waals surface area contributed by atoms with Crippen LogP contribution in [0, 0.1) is 6.92 Å². The number of aromatic amines is 1. The van der Waals surface area contributed by atoms with E-state index in [1.165, 1.54) is 6.92 Å². The number of H-pyrrole nitrogens is 1. The van der Waals surface area contributed by atoms with Crippen molar-refractivity contribution < 1.29 is 23.4 Å². The minimum absolute atomic E-state index is 0.124. The van der Waals surface area contributed by atoms with Gasteiger partial charge in [0.15, 0.2) is 5.69 Å². The minimum atomic E-state index is -3.94. The van der Waals surface area contributed by atoms with Gasteiger partial charge in [0.05, 0.1) is 5.69 Å². The number of aliphatic hydroxyl groups excluding tert-OH is 1. The number of aromatic nitrogens is 2. The summed E-state index contributed by atoms with van der Waals surface area (Å²) in [5, 5.41) is 23.6. The Balaban J connectivity index is 3.25. The zero-order valence-corrected chi connectivity index (χ0v) is 11.6. The van der Waals surface area contributed by atoms with Crippen molar-refractivity contribution >= 4 is 16.0 Å². The van der Waals surface area contributed by atoms with Crippen LogP contribution < -0.4 is 0 Å². The predicted octanol–water partition coefficient (Wildman–Crippen LogP) is -0.191. The van der Waals surface area contributed by atoms with E-state index in [0.717, 1.165) is 4.31 Å². The smallest absolute Gasteiger partial charge is 0.357 e. The number of aryl methyl sites for hydroxylation is 1. The molecule has 0 aromatic carbocycles. The number of carboxylic acid groups (broad SMARTS) is 1. The fourth-order valence-electron chi connectivity index (χ4n) is 1.70. The van der Waals surface area contributed by atoms with Gasteiger partial charge in [-0.1, -0.05) is 6.92 Å². The van der Waals surface area contributed by atoms with E-state index in [0.29, 0.717) is 0 Å². The number of carbonyl (C=O) groups is 1. The van der Waals surface area contributed by atoms with Gasteiger partial charge in [-0.25, -0.2) is 13.2 Å². The number of aliphatic hydroxyl groups is 1. The summed E-state index contributed by atoms with van der Waals surface area (Å²) in [6.45, 7) is 3.27. The third-order valence-corrected chi connectivity index (χ3v) is 4.75. The fraction of sp³-hybridized carbons (Fsp3) is 0.600. The molecule has 19 heavy (non-hydrogen) atoms. The molecule has 0 spiro atoms. The van der Waals surface area contributed by atoms with Crippen molar-refractivity contribution in [1.29, 1.82) is 0 Å². The number of rotatable bonds is 7. The molecule has 0 saturated carbocycles. The van der Waals surface area contributed by atoms with Crippen LogP contribution in [0.4, 0.5) is 0 Å². The number of nitrogens with one attached hydrogen (secondary N) is 1. The van der Waals surface area contributed by atoms with Crippen molar-refractivity contribution in [3.8, 4) is 0 Å². The summed E-state index contributed by atoms with van der Waals surface area (Å²) >= 11 is 0. The molecule has 0 unspecified atom stereocenters. The summed E-state index contributed by atoms with van der Waals surface area (Å²) in [6.07, 6.45) is 0.284. The Bertz CT molecular complexity index is 552. The molecule has 0 atom stereocenters. The monoisotopic (exact) mass is 291 g/mol. The molecule has 1 rings (SSSR count). The summed E-state index contributed by atoms with van der Waals surface area (Å²) in [4.78, 5) is 10.7. The quantitative estimate of drug-likeness (QED) is 0.639. The Morgan fingerprint density at radius 1 is 1.47 bits per heavy atom. The number of carboxylic acids is 1. The molecule has 9 heteroatoms. The molecule has 0 aliphatic rings. The zero-order valence-electron chi connectivity index (χ0n) is 10.8. The van der Waals surface area contributed by atoms with Gasteiger partial charge < -0.3 is 10.2 Å². The van der Waals surface area contributed by atoms with Crippen LogP contribution >= 0.6 is 0 Å². The Kier molecular flexibility index (Phi) is 5.04. The maximum absolute atomic E-state index is 12.4. The molecule has 0 aliphatic heterocycles. The van der Waals surface area contributed by atoms with Crippen LogP contribution in [-0.2, 0) is 10.0 Å². The molecule has 108 valence electrons. The van der Waals surface area contributed by atoms with E-state index >= 15 is 0 Å². The van der Waals surface area contributed by atoms with Crippen LogP contribution in [0.25, 0.3) is 0 Å². The SMILES string of the molecule is CCN(CCCO)S(=O)(=O)c1c(C(=O)O)n[nH]c1C. The lowest BCUT2D eigenvalue weighted by Crippen LogP contribution is -2.33. The molecule has 3 N–H and O–H groups in total. The number of nitrogens with zero attached hydrogens (tertiary/aromatic N) is 2. The Hall–Kier alpha value is -1.45. The van der Waals surface area contributed by atoms with Crippen LogP contribution in [0.15, 0.2) is 4.90 Å². The van der Waals surface area contributed by atoms with Gasteiger partial charge in [-0.05, 0) is 13.3 Å². The first kappa shape index (κ1) is 15.6. The molecule has 1 heterocycles. The van der Waals surface area contributed by atoms with Gasteiger partial charge in [0, 0.05) is 19.7 Å². The maximum Gasteiger partial charge on any atom is 0.357 e. The number of hydrogen-bond acceptors (Lipinski definition) is 5. The Morgan fingerprint density at radius 3 is 2.58 bits per heavy atom. The van der Waals surface area contributed by atoms with E-state index in [9.17, 15) is 13.2 Å². The van der Waals surface area contributed by atoms with Crippen molar-refractivity contribution in [2.24, 2.45) is 0 Å². The summed E-state index contributed by atoms with van der Waals surface area (Å²) in [6, 6.07) is 0. The van der Waals surface area contributed by atoms with Gasteiger partial charge in [-0.15, -0.1) is 0 Å². The first-order chi connectivity index (χ1) is 8.86.